The second-order valence-corrected chi connectivity index (χ2v) is 6.66. The molecule has 3 aromatic rings. The Morgan fingerprint density at radius 1 is 1.15 bits per heavy atom. The van der Waals surface area contributed by atoms with E-state index in [2.05, 4.69) is 10.4 Å². The van der Waals surface area contributed by atoms with Crippen LogP contribution in [0.5, 0.6) is 11.5 Å². The molecule has 27 heavy (non-hydrogen) atoms. The molecule has 0 aliphatic carbocycles. The fourth-order valence-electron chi connectivity index (χ4n) is 3.49. The third kappa shape index (κ3) is 3.02. The Morgan fingerprint density at radius 3 is 2.70 bits per heavy atom. The Hall–Kier alpha value is -2.99. The highest BCUT2D eigenvalue weighted by Crippen LogP contribution is 2.44. The van der Waals surface area contributed by atoms with Crippen molar-refractivity contribution in [3.63, 3.8) is 0 Å². The number of hydrogen-bond acceptors (Lipinski definition) is 4. The molecule has 7 heteroatoms. The maximum atomic E-state index is 12.5. The minimum atomic E-state index is -0.188. The lowest BCUT2D eigenvalue weighted by Gasteiger charge is -2.25. The number of amides is 1. The third-order valence-corrected chi connectivity index (χ3v) is 4.92. The summed E-state index contributed by atoms with van der Waals surface area (Å²) < 4.78 is 12.7. The Balaban J connectivity index is 1.85. The van der Waals surface area contributed by atoms with Crippen LogP contribution in [-0.2, 0) is 4.79 Å². The van der Waals surface area contributed by atoms with Crippen molar-refractivity contribution in [2.75, 3.05) is 19.5 Å². The van der Waals surface area contributed by atoms with Gasteiger partial charge in [-0.25, -0.2) is 4.68 Å². The number of nitrogens with one attached hydrogen (secondary N) is 1. The molecule has 4 rings (SSSR count). The fraction of sp³-hybridized carbons (Fsp3) is 0.200. The first kappa shape index (κ1) is 17.4. The normalized spacial score (nSPS) is 15.8. The van der Waals surface area contributed by atoms with Gasteiger partial charge < -0.3 is 14.8 Å². The van der Waals surface area contributed by atoms with E-state index >= 15 is 0 Å². The number of rotatable bonds is 4. The van der Waals surface area contributed by atoms with Crippen LogP contribution in [0, 0.1) is 0 Å². The van der Waals surface area contributed by atoms with Crippen molar-refractivity contribution >= 4 is 23.3 Å². The molecular formula is C20H18ClN3O3. The lowest BCUT2D eigenvalue weighted by atomic mass is 9.86. The predicted octanol–water partition coefficient (Wildman–Crippen LogP) is 4.02. The number of benzene rings is 2. The zero-order chi connectivity index (χ0) is 19.0. The summed E-state index contributed by atoms with van der Waals surface area (Å²) in [5.41, 5.74) is 2.59. The molecule has 1 amide bonds. The molecule has 0 saturated carbocycles. The molecule has 1 N–H and O–H groups in total. The Kier molecular flexibility index (Phi) is 4.49. The van der Waals surface area contributed by atoms with Crippen LogP contribution in [0.1, 0.15) is 23.5 Å². The third-order valence-electron chi connectivity index (χ3n) is 4.68. The number of fused-ring (bicyclic) bond motifs is 1. The number of carbonyl (C=O) groups excluding carboxylic acids is 1. The summed E-state index contributed by atoms with van der Waals surface area (Å²) in [5, 5.41) is 8.03. The van der Waals surface area contributed by atoms with Gasteiger partial charge in [-0.1, -0.05) is 29.8 Å². The summed E-state index contributed by atoms with van der Waals surface area (Å²) >= 11 is 6.11. The monoisotopic (exact) mass is 383 g/mol. The van der Waals surface area contributed by atoms with Gasteiger partial charge >= 0.3 is 0 Å². The van der Waals surface area contributed by atoms with E-state index in [9.17, 15) is 4.79 Å². The molecule has 0 radical (unpaired) electrons. The average Bonchev–Trinajstić information content (AvgIpc) is 3.10. The molecule has 1 aliphatic heterocycles. The standard InChI is InChI=1S/C20H18ClN3O3/c1-26-17-8-4-7-14(19(17)27-2)15-10-18(25)23-20-16(15)11-22-24(20)13-6-3-5-12(21)9-13/h3-9,11,15H,10H2,1-2H3,(H,23,25). The number of para-hydroxylation sites is 1. The summed E-state index contributed by atoms with van der Waals surface area (Å²) in [7, 11) is 3.19. The lowest BCUT2D eigenvalue weighted by Crippen LogP contribution is -2.24. The molecule has 1 aliphatic rings. The van der Waals surface area contributed by atoms with E-state index in [1.165, 1.54) is 0 Å². The van der Waals surface area contributed by atoms with Gasteiger partial charge in [-0.05, 0) is 24.3 Å². The van der Waals surface area contributed by atoms with Crippen molar-refractivity contribution in [2.45, 2.75) is 12.3 Å². The number of carbonyl (C=O) groups is 1. The molecule has 2 aromatic carbocycles. The van der Waals surface area contributed by atoms with Crippen LogP contribution in [0.3, 0.4) is 0 Å². The highest BCUT2D eigenvalue weighted by Gasteiger charge is 2.32. The van der Waals surface area contributed by atoms with Crippen LogP contribution < -0.4 is 14.8 Å². The van der Waals surface area contributed by atoms with Gasteiger partial charge in [-0.3, -0.25) is 4.79 Å². The van der Waals surface area contributed by atoms with Crippen molar-refractivity contribution in [1.29, 1.82) is 0 Å². The molecule has 0 saturated heterocycles. The number of anilines is 1. The molecule has 1 aromatic heterocycles. The zero-order valence-corrected chi connectivity index (χ0v) is 15.7. The van der Waals surface area contributed by atoms with E-state index in [0.29, 0.717) is 28.8 Å². The summed E-state index contributed by atoms with van der Waals surface area (Å²) in [4.78, 5) is 12.5. The Labute approximate surface area is 161 Å². The van der Waals surface area contributed by atoms with Gasteiger partial charge in [0.1, 0.15) is 5.82 Å². The van der Waals surface area contributed by atoms with E-state index in [1.54, 1.807) is 37.2 Å². The van der Waals surface area contributed by atoms with Crippen LogP contribution >= 0.6 is 11.6 Å². The SMILES string of the molecule is COc1cccc(C2CC(=O)Nc3c2cnn3-c2cccc(Cl)c2)c1OC. The summed E-state index contributed by atoms with van der Waals surface area (Å²) in [6.45, 7) is 0. The van der Waals surface area contributed by atoms with E-state index in [4.69, 9.17) is 21.1 Å². The zero-order valence-electron chi connectivity index (χ0n) is 14.9. The van der Waals surface area contributed by atoms with Crippen LogP contribution in [0.2, 0.25) is 5.02 Å². The molecule has 0 bridgehead atoms. The van der Waals surface area contributed by atoms with Crippen molar-refractivity contribution < 1.29 is 14.3 Å². The Bertz CT molecular complexity index is 1020. The highest BCUT2D eigenvalue weighted by molar-refractivity contribution is 6.30. The number of aromatic nitrogens is 2. The van der Waals surface area contributed by atoms with Gasteiger partial charge in [0, 0.05) is 28.5 Å². The molecular weight excluding hydrogens is 366 g/mol. The summed E-state index contributed by atoms with van der Waals surface area (Å²) in [6.07, 6.45) is 2.08. The molecule has 0 spiro atoms. The first-order valence-corrected chi connectivity index (χ1v) is 8.84. The maximum absolute atomic E-state index is 12.5. The van der Waals surface area contributed by atoms with E-state index in [-0.39, 0.29) is 11.8 Å². The molecule has 6 nitrogen and oxygen atoms in total. The fourth-order valence-corrected chi connectivity index (χ4v) is 3.67. The molecule has 0 fully saturated rings. The van der Waals surface area contributed by atoms with E-state index in [1.807, 2.05) is 30.3 Å². The average molecular weight is 384 g/mol. The number of hydrogen-bond donors (Lipinski definition) is 1. The maximum Gasteiger partial charge on any atom is 0.226 e. The topological polar surface area (TPSA) is 65.4 Å². The van der Waals surface area contributed by atoms with Gasteiger partial charge in [-0.2, -0.15) is 5.10 Å². The van der Waals surface area contributed by atoms with Crippen LogP contribution in [0.4, 0.5) is 5.82 Å². The smallest absolute Gasteiger partial charge is 0.226 e. The largest absolute Gasteiger partial charge is 0.493 e. The van der Waals surface area contributed by atoms with Crippen molar-refractivity contribution in [3.8, 4) is 17.2 Å². The quantitative estimate of drug-likeness (QED) is 0.739. The van der Waals surface area contributed by atoms with Crippen LogP contribution in [-0.4, -0.2) is 29.9 Å². The predicted molar refractivity (Wildman–Crippen MR) is 103 cm³/mol. The Morgan fingerprint density at radius 2 is 1.96 bits per heavy atom. The van der Waals surface area contributed by atoms with Crippen molar-refractivity contribution in [3.05, 3.63) is 64.8 Å². The van der Waals surface area contributed by atoms with Crippen LogP contribution in [0.25, 0.3) is 5.69 Å². The van der Waals surface area contributed by atoms with Crippen molar-refractivity contribution in [2.24, 2.45) is 0 Å². The summed E-state index contributed by atoms with van der Waals surface area (Å²) in [5.74, 6) is 1.63. The van der Waals surface area contributed by atoms with Gasteiger partial charge in [0.05, 0.1) is 26.1 Å². The van der Waals surface area contributed by atoms with E-state index in [0.717, 1.165) is 16.8 Å². The molecule has 2 heterocycles. The number of nitrogens with zero attached hydrogens (tertiary/aromatic N) is 2. The number of halogens is 1. The minimum absolute atomic E-state index is 0.0823. The number of ether oxygens (including phenoxy) is 2. The van der Waals surface area contributed by atoms with Gasteiger partial charge in [0.2, 0.25) is 5.91 Å². The van der Waals surface area contributed by atoms with Gasteiger partial charge in [0.15, 0.2) is 11.5 Å². The second kappa shape index (κ2) is 6.96. The first-order chi connectivity index (χ1) is 13.1. The molecule has 138 valence electrons. The number of methoxy groups -OCH3 is 2. The highest BCUT2D eigenvalue weighted by atomic mass is 35.5. The second-order valence-electron chi connectivity index (χ2n) is 6.23. The molecule has 1 atom stereocenters. The summed E-state index contributed by atoms with van der Waals surface area (Å²) in [6, 6.07) is 13.0. The van der Waals surface area contributed by atoms with Crippen LogP contribution in [0.15, 0.2) is 48.7 Å². The lowest BCUT2D eigenvalue weighted by molar-refractivity contribution is -0.116. The minimum Gasteiger partial charge on any atom is -0.493 e. The van der Waals surface area contributed by atoms with Gasteiger partial charge in [0.25, 0.3) is 0 Å². The molecule has 1 unspecified atom stereocenters. The van der Waals surface area contributed by atoms with Gasteiger partial charge in [-0.15, -0.1) is 0 Å². The first-order valence-electron chi connectivity index (χ1n) is 8.47. The van der Waals surface area contributed by atoms with Crippen molar-refractivity contribution in [1.82, 2.24) is 9.78 Å². The van der Waals surface area contributed by atoms with E-state index < -0.39 is 0 Å².